The molecule has 0 aliphatic heterocycles. The van der Waals surface area contributed by atoms with Gasteiger partial charge in [0.25, 0.3) is 0 Å². The van der Waals surface area contributed by atoms with Crippen LogP contribution in [0.25, 0.3) is 0 Å². The molecule has 2 rings (SSSR count). The molecule has 2 aromatic carbocycles. The van der Waals surface area contributed by atoms with Crippen molar-refractivity contribution in [1.29, 1.82) is 0 Å². The first-order chi connectivity index (χ1) is 8.08. The molecule has 0 spiro atoms. The van der Waals surface area contributed by atoms with Crippen molar-refractivity contribution < 1.29 is 0 Å². The Bertz CT molecular complexity index is 555. The van der Waals surface area contributed by atoms with E-state index in [2.05, 4.69) is 0 Å². The van der Waals surface area contributed by atoms with Crippen molar-refractivity contribution in [1.82, 2.24) is 0 Å². The quantitative estimate of drug-likeness (QED) is 0.782. The molecule has 0 atom stereocenters. The van der Waals surface area contributed by atoms with E-state index in [1.165, 1.54) is 0 Å². The van der Waals surface area contributed by atoms with Crippen LogP contribution in [-0.4, -0.2) is 0 Å². The van der Waals surface area contributed by atoms with Gasteiger partial charge in [-0.3, -0.25) is 0 Å². The number of halogens is 2. The van der Waals surface area contributed by atoms with Gasteiger partial charge in [-0.2, -0.15) is 0 Å². The minimum atomic E-state index is 0.574. The van der Waals surface area contributed by atoms with E-state index >= 15 is 0 Å². The van der Waals surface area contributed by atoms with Crippen LogP contribution in [0.1, 0.15) is 5.56 Å². The van der Waals surface area contributed by atoms with Crippen LogP contribution in [0, 0.1) is 6.92 Å². The molecule has 0 bridgehead atoms. The molecule has 0 aromatic heterocycles. The maximum absolute atomic E-state index is 6.12. The molecular formula is C13H11Cl2NS. The van der Waals surface area contributed by atoms with Crippen LogP contribution in [0.3, 0.4) is 0 Å². The Hall–Kier alpha value is -0.830. The molecule has 0 aliphatic rings. The second-order valence-electron chi connectivity index (χ2n) is 3.67. The Morgan fingerprint density at radius 3 is 2.41 bits per heavy atom. The van der Waals surface area contributed by atoms with Gasteiger partial charge in [0.05, 0.1) is 15.7 Å². The fourth-order valence-corrected chi connectivity index (χ4v) is 2.87. The summed E-state index contributed by atoms with van der Waals surface area (Å²) in [6.45, 7) is 2.01. The fourth-order valence-electron chi connectivity index (χ4n) is 1.44. The maximum Gasteiger partial charge on any atom is 0.0646 e. The van der Waals surface area contributed by atoms with E-state index in [4.69, 9.17) is 28.9 Å². The first kappa shape index (κ1) is 12.6. The van der Waals surface area contributed by atoms with Crippen LogP contribution in [-0.2, 0) is 0 Å². The molecule has 2 N–H and O–H groups in total. The van der Waals surface area contributed by atoms with Crippen molar-refractivity contribution in [3.05, 3.63) is 52.0 Å². The van der Waals surface area contributed by atoms with E-state index in [0.717, 1.165) is 20.4 Å². The van der Waals surface area contributed by atoms with Gasteiger partial charge in [-0.05, 0) is 36.8 Å². The van der Waals surface area contributed by atoms with Gasteiger partial charge in [0, 0.05) is 9.79 Å². The van der Waals surface area contributed by atoms with Crippen molar-refractivity contribution in [2.24, 2.45) is 0 Å². The van der Waals surface area contributed by atoms with Crippen molar-refractivity contribution >= 4 is 40.7 Å². The second kappa shape index (κ2) is 5.21. The molecule has 0 unspecified atom stereocenters. The Kier molecular flexibility index (Phi) is 3.87. The van der Waals surface area contributed by atoms with Crippen LogP contribution >= 0.6 is 35.0 Å². The third kappa shape index (κ3) is 2.89. The zero-order valence-electron chi connectivity index (χ0n) is 9.21. The van der Waals surface area contributed by atoms with E-state index in [0.29, 0.717) is 10.7 Å². The molecule has 88 valence electrons. The van der Waals surface area contributed by atoms with Crippen LogP contribution < -0.4 is 5.73 Å². The van der Waals surface area contributed by atoms with Gasteiger partial charge in [-0.25, -0.2) is 0 Å². The van der Waals surface area contributed by atoms with Crippen molar-refractivity contribution in [2.45, 2.75) is 16.7 Å². The molecule has 0 radical (unpaired) electrons. The zero-order chi connectivity index (χ0) is 12.4. The van der Waals surface area contributed by atoms with Crippen LogP contribution in [0.2, 0.25) is 10.0 Å². The summed E-state index contributed by atoms with van der Waals surface area (Å²) in [5.41, 5.74) is 7.44. The first-order valence-corrected chi connectivity index (χ1v) is 6.63. The van der Waals surface area contributed by atoms with E-state index in [-0.39, 0.29) is 0 Å². The number of nitrogens with two attached hydrogens (primary N) is 1. The maximum atomic E-state index is 6.12. The molecule has 0 aliphatic carbocycles. The minimum absolute atomic E-state index is 0.574. The lowest BCUT2D eigenvalue weighted by molar-refractivity contribution is 1.29. The van der Waals surface area contributed by atoms with Crippen molar-refractivity contribution in [2.75, 3.05) is 5.73 Å². The molecule has 1 nitrogen and oxygen atoms in total. The normalized spacial score (nSPS) is 10.5. The Morgan fingerprint density at radius 1 is 1.00 bits per heavy atom. The summed E-state index contributed by atoms with van der Waals surface area (Å²) >= 11 is 13.7. The number of hydrogen-bond acceptors (Lipinski definition) is 2. The molecule has 0 heterocycles. The summed E-state index contributed by atoms with van der Waals surface area (Å²) in [5, 5.41) is 1.31. The van der Waals surface area contributed by atoms with Crippen LogP contribution in [0.4, 0.5) is 5.69 Å². The highest BCUT2D eigenvalue weighted by molar-refractivity contribution is 7.99. The lowest BCUT2D eigenvalue weighted by atomic mass is 10.2. The van der Waals surface area contributed by atoms with Gasteiger partial charge >= 0.3 is 0 Å². The average Bonchev–Trinajstić information content (AvgIpc) is 2.29. The molecular weight excluding hydrogens is 273 g/mol. The summed E-state index contributed by atoms with van der Waals surface area (Å²) in [5.74, 6) is 0. The molecule has 0 saturated carbocycles. The Morgan fingerprint density at radius 2 is 1.71 bits per heavy atom. The fraction of sp³-hybridized carbons (Fsp3) is 0.0769. The summed E-state index contributed by atoms with van der Waals surface area (Å²) in [7, 11) is 0. The summed E-state index contributed by atoms with van der Waals surface area (Å²) in [4.78, 5) is 2.08. The largest absolute Gasteiger partial charge is 0.398 e. The van der Waals surface area contributed by atoms with Gasteiger partial charge in [0.2, 0.25) is 0 Å². The predicted molar refractivity (Wildman–Crippen MR) is 76.2 cm³/mol. The van der Waals surface area contributed by atoms with Crippen LogP contribution in [0.5, 0.6) is 0 Å². The SMILES string of the molecule is Cc1cc(N)c(Cl)cc1Sc1ccccc1Cl. The minimum Gasteiger partial charge on any atom is -0.398 e. The summed E-state index contributed by atoms with van der Waals surface area (Å²) in [6, 6.07) is 11.5. The predicted octanol–water partition coefficient (Wildman–Crippen LogP) is 5.04. The first-order valence-electron chi connectivity index (χ1n) is 5.06. The molecule has 4 heteroatoms. The zero-order valence-corrected chi connectivity index (χ0v) is 11.5. The molecule has 0 amide bonds. The molecule has 2 aromatic rings. The lowest BCUT2D eigenvalue weighted by Crippen LogP contribution is -1.89. The standard InChI is InChI=1S/C13H11Cl2NS/c1-8-6-11(16)10(15)7-13(8)17-12-5-3-2-4-9(12)14/h2-7H,16H2,1H3. The van der Waals surface area contributed by atoms with Crippen LogP contribution in [0.15, 0.2) is 46.2 Å². The molecule has 0 fully saturated rings. The molecule has 17 heavy (non-hydrogen) atoms. The highest BCUT2D eigenvalue weighted by Gasteiger charge is 2.07. The van der Waals surface area contributed by atoms with E-state index in [1.54, 1.807) is 11.8 Å². The average molecular weight is 284 g/mol. The van der Waals surface area contributed by atoms with E-state index < -0.39 is 0 Å². The molecule has 0 saturated heterocycles. The number of hydrogen-bond donors (Lipinski definition) is 1. The number of aryl methyl sites for hydroxylation is 1. The van der Waals surface area contributed by atoms with Gasteiger partial charge < -0.3 is 5.73 Å². The van der Waals surface area contributed by atoms with Crippen molar-refractivity contribution in [3.8, 4) is 0 Å². The van der Waals surface area contributed by atoms with Gasteiger partial charge in [0.1, 0.15) is 0 Å². The third-order valence-electron chi connectivity index (χ3n) is 2.35. The van der Waals surface area contributed by atoms with Gasteiger partial charge in [-0.15, -0.1) is 0 Å². The highest BCUT2D eigenvalue weighted by Crippen LogP contribution is 2.37. The van der Waals surface area contributed by atoms with Gasteiger partial charge in [-0.1, -0.05) is 47.1 Å². The van der Waals surface area contributed by atoms with Crippen molar-refractivity contribution in [3.63, 3.8) is 0 Å². The van der Waals surface area contributed by atoms with E-state index in [1.807, 2.05) is 43.3 Å². The number of nitrogen functional groups attached to an aromatic ring is 1. The summed E-state index contributed by atoms with van der Waals surface area (Å²) in [6.07, 6.45) is 0. The van der Waals surface area contributed by atoms with E-state index in [9.17, 15) is 0 Å². The smallest absolute Gasteiger partial charge is 0.0646 e. The monoisotopic (exact) mass is 283 g/mol. The number of anilines is 1. The number of benzene rings is 2. The topological polar surface area (TPSA) is 26.0 Å². The lowest BCUT2D eigenvalue weighted by Gasteiger charge is -2.09. The number of rotatable bonds is 2. The van der Waals surface area contributed by atoms with Gasteiger partial charge in [0.15, 0.2) is 0 Å². The Balaban J connectivity index is 2.37. The summed E-state index contributed by atoms with van der Waals surface area (Å²) < 4.78 is 0. The third-order valence-corrected chi connectivity index (χ3v) is 4.36. The highest BCUT2D eigenvalue weighted by atomic mass is 35.5. The second-order valence-corrected chi connectivity index (χ2v) is 5.57. The Labute approximate surface area is 115 Å².